The Labute approximate surface area is 111 Å². The van der Waals surface area contributed by atoms with Crippen molar-refractivity contribution in [1.82, 2.24) is 9.97 Å². The Bertz CT molecular complexity index is 585. The van der Waals surface area contributed by atoms with Gasteiger partial charge in [-0.25, -0.2) is 4.98 Å². The van der Waals surface area contributed by atoms with Crippen molar-refractivity contribution in [1.29, 1.82) is 0 Å². The van der Waals surface area contributed by atoms with E-state index in [9.17, 15) is 4.79 Å². The lowest BCUT2D eigenvalue weighted by atomic mass is 10.2. The molecule has 1 aromatic carbocycles. The van der Waals surface area contributed by atoms with Crippen LogP contribution < -0.4 is 10.9 Å². The molecule has 0 fully saturated rings. The quantitative estimate of drug-likeness (QED) is 0.916. The molecule has 0 radical (unpaired) electrons. The number of nitrogens with one attached hydrogen (secondary N) is 2. The summed E-state index contributed by atoms with van der Waals surface area (Å²) in [6, 6.07) is 7.84. The van der Waals surface area contributed by atoms with Crippen LogP contribution >= 0.6 is 27.5 Å². The lowest BCUT2D eigenvalue weighted by Gasteiger charge is -2.06. The Kier molecular flexibility index (Phi) is 3.81. The van der Waals surface area contributed by atoms with Crippen molar-refractivity contribution in [3.05, 3.63) is 56.0 Å². The molecule has 0 aliphatic rings. The molecule has 1 aromatic heterocycles. The molecule has 2 rings (SSSR count). The van der Waals surface area contributed by atoms with Crippen molar-refractivity contribution in [3.8, 4) is 0 Å². The number of halogens is 2. The number of hydrogen-bond donors (Lipinski definition) is 2. The lowest BCUT2D eigenvalue weighted by Crippen LogP contribution is -2.11. The monoisotopic (exact) mass is 313 g/mol. The van der Waals surface area contributed by atoms with Gasteiger partial charge in [0.1, 0.15) is 5.02 Å². The summed E-state index contributed by atoms with van der Waals surface area (Å²) >= 11 is 9.20. The Morgan fingerprint density at radius 3 is 3.06 bits per heavy atom. The fourth-order valence-electron chi connectivity index (χ4n) is 1.34. The molecule has 0 amide bonds. The lowest BCUT2D eigenvalue weighted by molar-refractivity contribution is 1.06. The zero-order chi connectivity index (χ0) is 12.3. The fraction of sp³-hybridized carbons (Fsp3) is 0.0909. The number of aromatic amines is 1. The molecule has 1 heterocycles. The molecule has 4 nitrogen and oxygen atoms in total. The third-order valence-corrected chi connectivity index (χ3v) is 2.99. The second-order valence-electron chi connectivity index (χ2n) is 3.38. The van der Waals surface area contributed by atoms with Crippen LogP contribution in [0.4, 0.5) is 5.82 Å². The SMILES string of the molecule is O=c1[nH]cnc(NCc2cccc(Br)c2)c1Cl. The van der Waals surface area contributed by atoms with Gasteiger partial charge in [0.25, 0.3) is 5.56 Å². The molecule has 0 spiro atoms. The predicted octanol–water partition coefficient (Wildman–Crippen LogP) is 2.80. The van der Waals surface area contributed by atoms with Gasteiger partial charge in [-0.1, -0.05) is 39.7 Å². The average Bonchev–Trinajstić information content (AvgIpc) is 2.31. The van der Waals surface area contributed by atoms with E-state index in [-0.39, 0.29) is 10.6 Å². The molecule has 0 unspecified atom stereocenters. The van der Waals surface area contributed by atoms with Crippen LogP contribution in [-0.4, -0.2) is 9.97 Å². The van der Waals surface area contributed by atoms with Crippen LogP contribution in [0.5, 0.6) is 0 Å². The number of rotatable bonds is 3. The van der Waals surface area contributed by atoms with Crippen molar-refractivity contribution in [2.75, 3.05) is 5.32 Å². The summed E-state index contributed by atoms with van der Waals surface area (Å²) in [4.78, 5) is 17.6. The molecule has 0 bridgehead atoms. The van der Waals surface area contributed by atoms with Gasteiger partial charge in [-0.05, 0) is 17.7 Å². The zero-order valence-electron chi connectivity index (χ0n) is 8.71. The van der Waals surface area contributed by atoms with E-state index < -0.39 is 0 Å². The van der Waals surface area contributed by atoms with Crippen molar-refractivity contribution in [3.63, 3.8) is 0 Å². The number of benzene rings is 1. The predicted molar refractivity (Wildman–Crippen MR) is 71.3 cm³/mol. The van der Waals surface area contributed by atoms with Crippen molar-refractivity contribution in [2.45, 2.75) is 6.54 Å². The van der Waals surface area contributed by atoms with Gasteiger partial charge in [0.15, 0.2) is 5.82 Å². The van der Waals surface area contributed by atoms with E-state index in [1.54, 1.807) is 0 Å². The summed E-state index contributed by atoms with van der Waals surface area (Å²) in [5, 5.41) is 3.09. The maximum atomic E-state index is 11.2. The van der Waals surface area contributed by atoms with Gasteiger partial charge in [0.2, 0.25) is 0 Å². The minimum Gasteiger partial charge on any atom is -0.365 e. The third-order valence-electron chi connectivity index (χ3n) is 2.15. The first kappa shape index (κ1) is 12.1. The fourth-order valence-corrected chi connectivity index (χ4v) is 1.96. The standard InChI is InChI=1S/C11H9BrClN3O/c12-8-3-1-2-7(4-8)5-14-10-9(13)11(17)16-6-15-10/h1-4,6H,5H2,(H2,14,15,16,17). The van der Waals surface area contributed by atoms with Crippen LogP contribution in [0.3, 0.4) is 0 Å². The molecule has 6 heteroatoms. The Balaban J connectivity index is 2.13. The van der Waals surface area contributed by atoms with Gasteiger partial charge < -0.3 is 10.3 Å². The number of hydrogen-bond acceptors (Lipinski definition) is 3. The van der Waals surface area contributed by atoms with Gasteiger partial charge in [0, 0.05) is 11.0 Å². The second kappa shape index (κ2) is 5.33. The van der Waals surface area contributed by atoms with Gasteiger partial charge in [-0.2, -0.15) is 0 Å². The summed E-state index contributed by atoms with van der Waals surface area (Å²) in [5.41, 5.74) is 0.718. The summed E-state index contributed by atoms with van der Waals surface area (Å²) < 4.78 is 1.00. The van der Waals surface area contributed by atoms with E-state index in [1.807, 2.05) is 24.3 Å². The Morgan fingerprint density at radius 1 is 1.47 bits per heavy atom. The van der Waals surface area contributed by atoms with Gasteiger partial charge in [0.05, 0.1) is 6.33 Å². The molecule has 2 aromatic rings. The molecule has 0 saturated carbocycles. The van der Waals surface area contributed by atoms with Crippen molar-refractivity contribution >= 4 is 33.3 Å². The average molecular weight is 315 g/mol. The molecule has 0 aliphatic heterocycles. The first-order valence-corrected chi connectivity index (χ1v) is 6.05. The van der Waals surface area contributed by atoms with E-state index >= 15 is 0 Å². The Hall–Kier alpha value is -1.33. The largest absolute Gasteiger partial charge is 0.365 e. The highest BCUT2D eigenvalue weighted by Gasteiger charge is 2.04. The number of aromatic nitrogens is 2. The van der Waals surface area contributed by atoms with Crippen LogP contribution in [0.2, 0.25) is 5.02 Å². The summed E-state index contributed by atoms with van der Waals surface area (Å²) in [6.45, 7) is 0.551. The first-order valence-electron chi connectivity index (χ1n) is 4.88. The topological polar surface area (TPSA) is 57.8 Å². The first-order chi connectivity index (χ1) is 8.16. The molecule has 0 atom stereocenters. The summed E-state index contributed by atoms with van der Waals surface area (Å²) in [7, 11) is 0. The molecule has 17 heavy (non-hydrogen) atoms. The maximum absolute atomic E-state index is 11.2. The van der Waals surface area contributed by atoms with Gasteiger partial charge in [-0.3, -0.25) is 4.79 Å². The highest BCUT2D eigenvalue weighted by Crippen LogP contribution is 2.15. The molecular formula is C11H9BrClN3O. The van der Waals surface area contributed by atoms with E-state index in [1.165, 1.54) is 6.33 Å². The van der Waals surface area contributed by atoms with E-state index in [0.717, 1.165) is 10.0 Å². The number of H-pyrrole nitrogens is 1. The molecule has 88 valence electrons. The number of anilines is 1. The molecule has 0 aliphatic carbocycles. The van der Waals surface area contributed by atoms with E-state index in [2.05, 4.69) is 31.2 Å². The Morgan fingerprint density at radius 2 is 2.29 bits per heavy atom. The number of nitrogens with zero attached hydrogens (tertiary/aromatic N) is 1. The highest BCUT2D eigenvalue weighted by molar-refractivity contribution is 9.10. The van der Waals surface area contributed by atoms with Gasteiger partial charge in [-0.15, -0.1) is 0 Å². The van der Waals surface area contributed by atoms with Gasteiger partial charge >= 0.3 is 0 Å². The zero-order valence-corrected chi connectivity index (χ0v) is 11.0. The van der Waals surface area contributed by atoms with Crippen LogP contribution in [0.25, 0.3) is 0 Å². The van der Waals surface area contributed by atoms with Crippen molar-refractivity contribution in [2.24, 2.45) is 0 Å². The molecular weight excluding hydrogens is 305 g/mol. The molecule has 0 saturated heterocycles. The minimum atomic E-state index is -0.349. The summed E-state index contributed by atoms with van der Waals surface area (Å²) in [5.74, 6) is 0.385. The summed E-state index contributed by atoms with van der Waals surface area (Å²) in [6.07, 6.45) is 1.32. The van der Waals surface area contributed by atoms with E-state index in [4.69, 9.17) is 11.6 Å². The normalized spacial score (nSPS) is 10.2. The van der Waals surface area contributed by atoms with Crippen molar-refractivity contribution < 1.29 is 0 Å². The highest BCUT2D eigenvalue weighted by atomic mass is 79.9. The minimum absolute atomic E-state index is 0.0718. The van der Waals surface area contributed by atoms with E-state index in [0.29, 0.717) is 12.4 Å². The third kappa shape index (κ3) is 3.08. The maximum Gasteiger partial charge on any atom is 0.271 e. The van der Waals surface area contributed by atoms with Crippen LogP contribution in [0.1, 0.15) is 5.56 Å². The second-order valence-corrected chi connectivity index (χ2v) is 4.67. The smallest absolute Gasteiger partial charge is 0.271 e. The van der Waals surface area contributed by atoms with Crippen LogP contribution in [0, 0.1) is 0 Å². The van der Waals surface area contributed by atoms with Crippen LogP contribution in [-0.2, 0) is 6.54 Å². The molecule has 2 N–H and O–H groups in total. The van der Waals surface area contributed by atoms with Crippen LogP contribution in [0.15, 0.2) is 39.9 Å².